The molecule has 0 unspecified atom stereocenters. The van der Waals surface area contributed by atoms with Crippen LogP contribution in [0.25, 0.3) is 5.57 Å². The maximum atomic E-state index is 13.7. The standard InChI is InChI=1S/C30H38N2O3/c1-21-18-31(19-22(2)32(21)20-23-10-12-25(13-11-23)29(34)35-5)28(33)27-9-7-6-8-26(27)24-14-16-30(3,4)17-15-24/h6-14,21-22H,15-20H2,1-5H3/t21-,22+. The van der Waals surface area contributed by atoms with Crippen molar-refractivity contribution in [2.45, 2.75) is 65.6 Å². The van der Waals surface area contributed by atoms with E-state index in [9.17, 15) is 9.59 Å². The van der Waals surface area contributed by atoms with Crippen LogP contribution >= 0.6 is 0 Å². The Morgan fingerprint density at radius 2 is 1.66 bits per heavy atom. The highest BCUT2D eigenvalue weighted by Gasteiger charge is 2.33. The fourth-order valence-electron chi connectivity index (χ4n) is 5.35. The predicted molar refractivity (Wildman–Crippen MR) is 140 cm³/mol. The number of hydrogen-bond donors (Lipinski definition) is 0. The molecule has 1 fully saturated rings. The zero-order valence-electron chi connectivity index (χ0n) is 21.7. The Morgan fingerprint density at radius 3 is 2.26 bits per heavy atom. The van der Waals surface area contributed by atoms with Gasteiger partial charge in [0.2, 0.25) is 0 Å². The SMILES string of the molecule is COC(=O)c1ccc(CN2[C@H](C)CN(C(=O)c3ccccc3C3=CCC(C)(C)CC3)C[C@@H]2C)cc1. The van der Waals surface area contributed by atoms with Gasteiger partial charge in [-0.1, -0.05) is 50.3 Å². The predicted octanol–water partition coefficient (Wildman–Crippen LogP) is 5.80. The van der Waals surface area contributed by atoms with Crippen LogP contribution in [0, 0.1) is 5.41 Å². The minimum atomic E-state index is -0.321. The average Bonchev–Trinajstić information content (AvgIpc) is 2.85. The second-order valence-electron chi connectivity index (χ2n) is 10.9. The first-order valence-electron chi connectivity index (χ1n) is 12.7. The summed E-state index contributed by atoms with van der Waals surface area (Å²) in [6, 6.07) is 16.2. The van der Waals surface area contributed by atoms with Crippen LogP contribution in [0.2, 0.25) is 0 Å². The van der Waals surface area contributed by atoms with Crippen molar-refractivity contribution in [2.75, 3.05) is 20.2 Å². The van der Waals surface area contributed by atoms with Crippen molar-refractivity contribution in [3.63, 3.8) is 0 Å². The Kier molecular flexibility index (Phi) is 7.46. The van der Waals surface area contributed by atoms with Crippen LogP contribution in [0.1, 0.15) is 78.8 Å². The normalized spacial score (nSPS) is 22.4. The van der Waals surface area contributed by atoms with Gasteiger partial charge in [0.05, 0.1) is 12.7 Å². The number of ether oxygens (including phenoxy) is 1. The number of amides is 1. The van der Waals surface area contributed by atoms with Crippen LogP contribution in [0.4, 0.5) is 0 Å². The van der Waals surface area contributed by atoms with E-state index in [0.717, 1.165) is 42.5 Å². The molecular weight excluding hydrogens is 436 g/mol. The van der Waals surface area contributed by atoms with Crippen LogP contribution in [-0.4, -0.2) is 54.0 Å². The largest absolute Gasteiger partial charge is 0.465 e. The highest BCUT2D eigenvalue weighted by Crippen LogP contribution is 2.39. The van der Waals surface area contributed by atoms with Gasteiger partial charge in [-0.3, -0.25) is 9.69 Å². The van der Waals surface area contributed by atoms with Crippen molar-refractivity contribution >= 4 is 17.4 Å². The first kappa shape index (κ1) is 25.2. The summed E-state index contributed by atoms with van der Waals surface area (Å²) >= 11 is 0. The molecule has 2 aromatic rings. The van der Waals surface area contributed by atoms with E-state index in [0.29, 0.717) is 24.1 Å². The minimum absolute atomic E-state index is 0.132. The highest BCUT2D eigenvalue weighted by atomic mass is 16.5. The van der Waals surface area contributed by atoms with Crippen molar-refractivity contribution in [2.24, 2.45) is 5.41 Å². The average molecular weight is 475 g/mol. The maximum absolute atomic E-state index is 13.7. The van der Waals surface area contributed by atoms with Gasteiger partial charge < -0.3 is 9.64 Å². The fourth-order valence-corrected chi connectivity index (χ4v) is 5.35. The monoisotopic (exact) mass is 474 g/mol. The highest BCUT2D eigenvalue weighted by molar-refractivity contribution is 5.99. The molecule has 5 nitrogen and oxygen atoms in total. The van der Waals surface area contributed by atoms with Crippen LogP contribution in [0.3, 0.4) is 0 Å². The van der Waals surface area contributed by atoms with E-state index in [2.05, 4.69) is 44.7 Å². The van der Waals surface area contributed by atoms with Gasteiger partial charge in [-0.2, -0.15) is 0 Å². The number of methoxy groups -OCH3 is 1. The molecule has 2 atom stereocenters. The Hall–Kier alpha value is -2.92. The molecule has 1 amide bonds. The summed E-state index contributed by atoms with van der Waals surface area (Å²) in [5.74, 6) is -0.189. The van der Waals surface area contributed by atoms with Gasteiger partial charge in [0.15, 0.2) is 0 Å². The topological polar surface area (TPSA) is 49.9 Å². The Balaban J connectivity index is 1.46. The van der Waals surface area contributed by atoms with E-state index in [4.69, 9.17) is 4.74 Å². The van der Waals surface area contributed by atoms with Gasteiger partial charge in [-0.15, -0.1) is 0 Å². The Morgan fingerprint density at radius 1 is 1.00 bits per heavy atom. The lowest BCUT2D eigenvalue weighted by Crippen LogP contribution is -2.57. The van der Waals surface area contributed by atoms with Gasteiger partial charge in [-0.05, 0) is 73.4 Å². The molecule has 4 rings (SSSR count). The van der Waals surface area contributed by atoms with E-state index in [-0.39, 0.29) is 24.0 Å². The summed E-state index contributed by atoms with van der Waals surface area (Å²) in [7, 11) is 1.39. The number of carbonyl (C=O) groups excluding carboxylic acids is 2. The van der Waals surface area contributed by atoms with Crippen LogP contribution < -0.4 is 0 Å². The summed E-state index contributed by atoms with van der Waals surface area (Å²) in [6.07, 6.45) is 5.56. The summed E-state index contributed by atoms with van der Waals surface area (Å²) in [5, 5.41) is 0. The zero-order valence-corrected chi connectivity index (χ0v) is 21.7. The van der Waals surface area contributed by atoms with Crippen molar-refractivity contribution in [3.8, 4) is 0 Å². The number of rotatable bonds is 5. The summed E-state index contributed by atoms with van der Waals surface area (Å²) in [5.41, 5.74) is 5.27. The fraction of sp³-hybridized carbons (Fsp3) is 0.467. The van der Waals surface area contributed by atoms with Gasteiger partial charge in [0, 0.05) is 37.3 Å². The van der Waals surface area contributed by atoms with Crippen LogP contribution in [-0.2, 0) is 11.3 Å². The molecule has 0 saturated carbocycles. The molecule has 186 valence electrons. The van der Waals surface area contributed by atoms with Gasteiger partial charge in [0.25, 0.3) is 5.91 Å². The molecule has 1 saturated heterocycles. The first-order chi connectivity index (χ1) is 16.7. The molecular formula is C30H38N2O3. The second-order valence-corrected chi connectivity index (χ2v) is 10.9. The molecule has 2 aromatic carbocycles. The Bertz CT molecular complexity index is 1090. The summed E-state index contributed by atoms with van der Waals surface area (Å²) in [4.78, 5) is 29.9. The molecule has 0 aromatic heterocycles. The lowest BCUT2D eigenvalue weighted by molar-refractivity contribution is 0.0269. The number of piperazine rings is 1. The van der Waals surface area contributed by atoms with Crippen molar-refractivity contribution in [3.05, 3.63) is 76.9 Å². The van der Waals surface area contributed by atoms with Crippen LogP contribution in [0.5, 0.6) is 0 Å². The summed E-state index contributed by atoms with van der Waals surface area (Å²) < 4.78 is 4.80. The van der Waals surface area contributed by atoms with Gasteiger partial charge in [0.1, 0.15) is 0 Å². The molecule has 5 heteroatoms. The van der Waals surface area contributed by atoms with Gasteiger partial charge in [-0.25, -0.2) is 4.79 Å². The number of nitrogens with zero attached hydrogens (tertiary/aromatic N) is 2. The molecule has 0 spiro atoms. The molecule has 35 heavy (non-hydrogen) atoms. The molecule has 0 bridgehead atoms. The molecule has 0 radical (unpaired) electrons. The number of carbonyl (C=O) groups is 2. The van der Waals surface area contributed by atoms with E-state index < -0.39 is 0 Å². The van der Waals surface area contributed by atoms with Crippen molar-refractivity contribution in [1.29, 1.82) is 0 Å². The van der Waals surface area contributed by atoms with E-state index in [1.54, 1.807) is 0 Å². The third-order valence-corrected chi connectivity index (χ3v) is 7.60. The van der Waals surface area contributed by atoms with Gasteiger partial charge >= 0.3 is 5.97 Å². The molecule has 2 aliphatic rings. The van der Waals surface area contributed by atoms with E-state index in [1.807, 2.05) is 47.4 Å². The van der Waals surface area contributed by atoms with E-state index >= 15 is 0 Å². The minimum Gasteiger partial charge on any atom is -0.465 e. The molecule has 1 heterocycles. The molecule has 1 aliphatic heterocycles. The zero-order chi connectivity index (χ0) is 25.2. The third-order valence-electron chi connectivity index (χ3n) is 7.60. The lowest BCUT2D eigenvalue weighted by Gasteiger charge is -2.44. The second kappa shape index (κ2) is 10.4. The number of allylic oxidation sites excluding steroid dienone is 2. The Labute approximate surface area is 209 Å². The third kappa shape index (κ3) is 5.67. The lowest BCUT2D eigenvalue weighted by atomic mass is 9.76. The number of esters is 1. The number of benzene rings is 2. The van der Waals surface area contributed by atoms with Crippen molar-refractivity contribution in [1.82, 2.24) is 9.80 Å². The van der Waals surface area contributed by atoms with Crippen LogP contribution in [0.15, 0.2) is 54.6 Å². The van der Waals surface area contributed by atoms with E-state index in [1.165, 1.54) is 12.7 Å². The quantitative estimate of drug-likeness (QED) is 0.514. The smallest absolute Gasteiger partial charge is 0.337 e. The first-order valence-corrected chi connectivity index (χ1v) is 12.7. The molecule has 0 N–H and O–H groups in total. The molecule has 1 aliphatic carbocycles. The maximum Gasteiger partial charge on any atom is 0.337 e. The summed E-state index contributed by atoms with van der Waals surface area (Å²) in [6.45, 7) is 11.2. The number of hydrogen-bond acceptors (Lipinski definition) is 4. The van der Waals surface area contributed by atoms with Crippen molar-refractivity contribution < 1.29 is 14.3 Å².